The predicted octanol–water partition coefficient (Wildman–Crippen LogP) is 0.822. The lowest BCUT2D eigenvalue weighted by Gasteiger charge is -2.37. The molecule has 2 aliphatic heterocycles. The number of hydrogen-bond acceptors (Lipinski definition) is 4. The van der Waals surface area contributed by atoms with E-state index in [2.05, 4.69) is 0 Å². The zero-order valence-electron chi connectivity index (χ0n) is 11.7. The zero-order chi connectivity index (χ0) is 15.1. The van der Waals surface area contributed by atoms with Crippen LogP contribution in [0.2, 0.25) is 0 Å². The highest BCUT2D eigenvalue weighted by atomic mass is 16.4. The standard InChI is InChI=1S/C15H16N2O4/c1-16-13(18)8-12(14(16)19)17-7-6-10(15(20)21)9-4-2-3-5-11(9)17/h2-5,10,12H,6-8H2,1H3,(H,20,21). The Kier molecular flexibility index (Phi) is 3.16. The summed E-state index contributed by atoms with van der Waals surface area (Å²) in [5, 5.41) is 9.32. The van der Waals surface area contributed by atoms with Crippen LogP contribution in [0.15, 0.2) is 24.3 Å². The number of nitrogens with zero attached hydrogens (tertiary/aromatic N) is 2. The van der Waals surface area contributed by atoms with Crippen molar-refractivity contribution in [3.8, 4) is 0 Å². The molecule has 2 atom stereocenters. The highest BCUT2D eigenvalue weighted by molar-refractivity contribution is 6.07. The molecule has 0 aromatic heterocycles. The monoisotopic (exact) mass is 288 g/mol. The third-order valence-corrected chi connectivity index (χ3v) is 4.31. The summed E-state index contributed by atoms with van der Waals surface area (Å²) in [6, 6.07) is 6.71. The van der Waals surface area contributed by atoms with Gasteiger partial charge in [0.1, 0.15) is 6.04 Å². The molecule has 110 valence electrons. The number of likely N-dealkylation sites (N-methyl/N-ethyl adjacent to an activating group) is 1. The molecule has 0 aliphatic carbocycles. The molecule has 0 saturated carbocycles. The molecule has 2 aliphatic rings. The number of carboxylic acid groups (broad SMARTS) is 1. The first kappa shape index (κ1) is 13.6. The second-order valence-electron chi connectivity index (χ2n) is 5.44. The van der Waals surface area contributed by atoms with Crippen molar-refractivity contribution >= 4 is 23.5 Å². The van der Waals surface area contributed by atoms with Gasteiger partial charge in [0.25, 0.3) is 5.91 Å². The first-order chi connectivity index (χ1) is 10.0. The number of amides is 2. The van der Waals surface area contributed by atoms with E-state index in [4.69, 9.17) is 0 Å². The molecule has 1 fully saturated rings. The van der Waals surface area contributed by atoms with Crippen LogP contribution < -0.4 is 4.90 Å². The summed E-state index contributed by atoms with van der Waals surface area (Å²) in [6.07, 6.45) is 0.593. The molecule has 3 rings (SSSR count). The topological polar surface area (TPSA) is 77.9 Å². The maximum Gasteiger partial charge on any atom is 0.311 e. The number of fused-ring (bicyclic) bond motifs is 1. The minimum absolute atomic E-state index is 0.154. The third-order valence-electron chi connectivity index (χ3n) is 4.31. The highest BCUT2D eigenvalue weighted by Gasteiger charge is 2.42. The van der Waals surface area contributed by atoms with Crippen LogP contribution in [-0.2, 0) is 14.4 Å². The molecule has 2 unspecified atom stereocenters. The van der Waals surface area contributed by atoms with Gasteiger partial charge in [-0.05, 0) is 18.1 Å². The number of anilines is 1. The molecule has 6 nitrogen and oxygen atoms in total. The number of benzene rings is 1. The van der Waals surface area contributed by atoms with Gasteiger partial charge in [0.15, 0.2) is 0 Å². The Labute approximate surface area is 122 Å². The van der Waals surface area contributed by atoms with Crippen molar-refractivity contribution in [2.45, 2.75) is 24.8 Å². The summed E-state index contributed by atoms with van der Waals surface area (Å²) in [4.78, 5) is 38.3. The van der Waals surface area contributed by atoms with E-state index in [-0.39, 0.29) is 18.2 Å². The number of aliphatic carboxylic acids is 1. The van der Waals surface area contributed by atoms with Gasteiger partial charge in [0.2, 0.25) is 5.91 Å². The number of imide groups is 1. The van der Waals surface area contributed by atoms with Gasteiger partial charge in [-0.3, -0.25) is 19.3 Å². The molecule has 21 heavy (non-hydrogen) atoms. The fourth-order valence-corrected chi connectivity index (χ4v) is 3.15. The largest absolute Gasteiger partial charge is 0.481 e. The second-order valence-corrected chi connectivity index (χ2v) is 5.44. The average molecular weight is 288 g/mol. The molecule has 2 amide bonds. The van der Waals surface area contributed by atoms with Crippen LogP contribution in [0.1, 0.15) is 24.3 Å². The van der Waals surface area contributed by atoms with E-state index in [0.717, 1.165) is 10.6 Å². The summed E-state index contributed by atoms with van der Waals surface area (Å²) in [5.41, 5.74) is 1.46. The van der Waals surface area contributed by atoms with Crippen LogP contribution in [0.25, 0.3) is 0 Å². The van der Waals surface area contributed by atoms with E-state index in [1.807, 2.05) is 17.0 Å². The lowest BCUT2D eigenvalue weighted by atomic mass is 9.89. The second kappa shape index (κ2) is 4.87. The van der Waals surface area contributed by atoms with Gasteiger partial charge >= 0.3 is 5.97 Å². The number of rotatable bonds is 2. The smallest absolute Gasteiger partial charge is 0.311 e. The van der Waals surface area contributed by atoms with E-state index >= 15 is 0 Å². The summed E-state index contributed by atoms with van der Waals surface area (Å²) in [5.74, 6) is -1.82. The van der Waals surface area contributed by atoms with Crippen molar-refractivity contribution in [2.24, 2.45) is 0 Å². The Morgan fingerprint density at radius 1 is 1.29 bits per heavy atom. The number of carbonyl (C=O) groups is 3. The van der Waals surface area contributed by atoms with Crippen molar-refractivity contribution in [2.75, 3.05) is 18.5 Å². The van der Waals surface area contributed by atoms with Crippen LogP contribution in [0.4, 0.5) is 5.69 Å². The Morgan fingerprint density at radius 2 is 2.00 bits per heavy atom. The third kappa shape index (κ3) is 2.07. The quantitative estimate of drug-likeness (QED) is 0.815. The molecule has 1 aromatic rings. The number of carbonyl (C=O) groups excluding carboxylic acids is 2. The molecule has 1 N–H and O–H groups in total. The van der Waals surface area contributed by atoms with Crippen LogP contribution in [0.3, 0.4) is 0 Å². The normalized spacial score (nSPS) is 25.2. The minimum Gasteiger partial charge on any atom is -0.481 e. The minimum atomic E-state index is -0.854. The number of hydrogen-bond donors (Lipinski definition) is 1. The fourth-order valence-electron chi connectivity index (χ4n) is 3.15. The van der Waals surface area contributed by atoms with E-state index in [1.54, 1.807) is 12.1 Å². The average Bonchev–Trinajstić information content (AvgIpc) is 2.73. The van der Waals surface area contributed by atoms with Gasteiger partial charge in [-0.15, -0.1) is 0 Å². The van der Waals surface area contributed by atoms with Crippen molar-refractivity contribution < 1.29 is 19.5 Å². The van der Waals surface area contributed by atoms with Crippen LogP contribution in [-0.4, -0.2) is 47.4 Å². The number of likely N-dealkylation sites (tertiary alicyclic amines) is 1. The van der Waals surface area contributed by atoms with E-state index in [9.17, 15) is 19.5 Å². The van der Waals surface area contributed by atoms with Gasteiger partial charge in [0, 0.05) is 19.3 Å². The molecule has 0 spiro atoms. The van der Waals surface area contributed by atoms with Crippen molar-refractivity contribution in [1.82, 2.24) is 4.90 Å². The summed E-state index contributed by atoms with van der Waals surface area (Å²) >= 11 is 0. The maximum atomic E-state index is 12.2. The Balaban J connectivity index is 1.99. The van der Waals surface area contributed by atoms with Crippen molar-refractivity contribution in [3.05, 3.63) is 29.8 Å². The molecule has 1 aromatic carbocycles. The number of carboxylic acids is 1. The Bertz CT molecular complexity index is 628. The van der Waals surface area contributed by atoms with Gasteiger partial charge in [-0.1, -0.05) is 18.2 Å². The SMILES string of the molecule is CN1C(=O)CC(N2CCC(C(=O)O)c3ccccc32)C1=O. The first-order valence-corrected chi connectivity index (χ1v) is 6.89. The molecular formula is C15H16N2O4. The maximum absolute atomic E-state index is 12.2. The van der Waals surface area contributed by atoms with Crippen LogP contribution in [0.5, 0.6) is 0 Å². The summed E-state index contributed by atoms with van der Waals surface area (Å²) in [6.45, 7) is 0.464. The fraction of sp³-hybridized carbons (Fsp3) is 0.400. The van der Waals surface area contributed by atoms with Gasteiger partial charge in [-0.25, -0.2) is 0 Å². The number of para-hydroxylation sites is 1. The van der Waals surface area contributed by atoms with Gasteiger partial charge in [0.05, 0.1) is 12.3 Å². The lowest BCUT2D eigenvalue weighted by molar-refractivity contribution is -0.139. The highest BCUT2D eigenvalue weighted by Crippen LogP contribution is 2.38. The van der Waals surface area contributed by atoms with Crippen molar-refractivity contribution in [1.29, 1.82) is 0 Å². The van der Waals surface area contributed by atoms with E-state index < -0.39 is 17.9 Å². The molecule has 6 heteroatoms. The Hall–Kier alpha value is -2.37. The molecule has 2 heterocycles. The molecular weight excluding hydrogens is 272 g/mol. The van der Waals surface area contributed by atoms with Gasteiger partial charge < -0.3 is 10.0 Å². The van der Waals surface area contributed by atoms with Crippen LogP contribution >= 0.6 is 0 Å². The van der Waals surface area contributed by atoms with Crippen molar-refractivity contribution in [3.63, 3.8) is 0 Å². The summed E-state index contributed by atoms with van der Waals surface area (Å²) in [7, 11) is 1.49. The Morgan fingerprint density at radius 3 is 2.62 bits per heavy atom. The molecule has 0 bridgehead atoms. The van der Waals surface area contributed by atoms with E-state index in [0.29, 0.717) is 18.5 Å². The van der Waals surface area contributed by atoms with E-state index in [1.165, 1.54) is 7.05 Å². The van der Waals surface area contributed by atoms with Gasteiger partial charge in [-0.2, -0.15) is 0 Å². The molecule has 0 radical (unpaired) electrons. The zero-order valence-corrected chi connectivity index (χ0v) is 11.7. The van der Waals surface area contributed by atoms with Crippen LogP contribution in [0, 0.1) is 0 Å². The molecule has 1 saturated heterocycles. The summed E-state index contributed by atoms with van der Waals surface area (Å²) < 4.78 is 0. The first-order valence-electron chi connectivity index (χ1n) is 6.89. The predicted molar refractivity (Wildman–Crippen MR) is 75.0 cm³/mol. The lowest BCUT2D eigenvalue weighted by Crippen LogP contribution is -2.45.